The second-order valence-electron chi connectivity index (χ2n) is 6.00. The number of rotatable bonds is 7. The molecule has 0 aliphatic carbocycles. The van der Waals surface area contributed by atoms with Crippen molar-refractivity contribution in [3.63, 3.8) is 0 Å². The predicted octanol–water partition coefficient (Wildman–Crippen LogP) is 4.95. The summed E-state index contributed by atoms with van der Waals surface area (Å²) in [6, 6.07) is 6.48. The first-order chi connectivity index (χ1) is 9.61. The maximum Gasteiger partial charge on any atom is 0.111 e. The average Bonchev–Trinajstić information content (AvgIpc) is 2.72. The Morgan fingerprint density at radius 3 is 2.75 bits per heavy atom. The molecule has 0 unspecified atom stereocenters. The van der Waals surface area contributed by atoms with Crippen molar-refractivity contribution in [3.8, 4) is 0 Å². The molecule has 1 heterocycles. The van der Waals surface area contributed by atoms with Crippen LogP contribution in [0.2, 0.25) is 0 Å². The number of imidazole rings is 1. The van der Waals surface area contributed by atoms with Crippen LogP contribution in [0, 0.1) is 12.8 Å². The molecule has 0 saturated heterocycles. The van der Waals surface area contributed by atoms with Gasteiger partial charge in [-0.25, -0.2) is 4.98 Å². The van der Waals surface area contributed by atoms with Gasteiger partial charge in [0.25, 0.3) is 0 Å². The normalized spacial score (nSPS) is 11.7. The number of aromatic nitrogens is 2. The highest BCUT2D eigenvalue weighted by Gasteiger charge is 2.10. The Balaban J connectivity index is 2.19. The Morgan fingerprint density at radius 2 is 2.05 bits per heavy atom. The van der Waals surface area contributed by atoms with Crippen LogP contribution in [0.1, 0.15) is 44.5 Å². The number of hydrogen-bond acceptors (Lipinski definition) is 1. The Morgan fingerprint density at radius 1 is 1.25 bits per heavy atom. The van der Waals surface area contributed by atoms with Crippen molar-refractivity contribution in [2.24, 2.45) is 5.92 Å². The van der Waals surface area contributed by atoms with Crippen LogP contribution >= 0.6 is 11.6 Å². The average molecular weight is 293 g/mol. The van der Waals surface area contributed by atoms with E-state index in [4.69, 9.17) is 16.6 Å². The Hall–Kier alpha value is -1.02. The zero-order valence-corrected chi connectivity index (χ0v) is 13.6. The van der Waals surface area contributed by atoms with E-state index in [1.807, 2.05) is 0 Å². The molecule has 0 bridgehead atoms. The van der Waals surface area contributed by atoms with Gasteiger partial charge in [-0.05, 0) is 37.0 Å². The minimum absolute atomic E-state index is 0.633. The summed E-state index contributed by atoms with van der Waals surface area (Å²) in [5.74, 6) is 2.55. The molecule has 0 aliphatic rings. The second kappa shape index (κ2) is 7.12. The molecule has 0 saturated carbocycles. The molecular formula is C17H25ClN2. The van der Waals surface area contributed by atoms with Gasteiger partial charge in [0.15, 0.2) is 0 Å². The van der Waals surface area contributed by atoms with Gasteiger partial charge in [0, 0.05) is 18.8 Å². The fourth-order valence-electron chi connectivity index (χ4n) is 2.63. The van der Waals surface area contributed by atoms with Crippen molar-refractivity contribution in [3.05, 3.63) is 29.6 Å². The molecule has 0 amide bonds. The third-order valence-electron chi connectivity index (χ3n) is 3.71. The fraction of sp³-hybridized carbons (Fsp3) is 0.588. The van der Waals surface area contributed by atoms with Crippen LogP contribution in [0.5, 0.6) is 0 Å². The predicted molar refractivity (Wildman–Crippen MR) is 87.6 cm³/mol. The van der Waals surface area contributed by atoms with E-state index in [0.29, 0.717) is 5.88 Å². The molecule has 20 heavy (non-hydrogen) atoms. The molecule has 0 aliphatic heterocycles. The number of hydrogen-bond donors (Lipinski definition) is 0. The first-order valence-electron chi connectivity index (χ1n) is 7.63. The molecule has 0 fully saturated rings. The van der Waals surface area contributed by atoms with E-state index < -0.39 is 0 Å². The van der Waals surface area contributed by atoms with E-state index >= 15 is 0 Å². The number of alkyl halides is 1. The van der Waals surface area contributed by atoms with E-state index in [1.165, 1.54) is 30.3 Å². The van der Waals surface area contributed by atoms with Crippen molar-refractivity contribution in [1.29, 1.82) is 0 Å². The van der Waals surface area contributed by atoms with Crippen molar-refractivity contribution in [2.75, 3.05) is 5.88 Å². The number of unbranched alkanes of at least 4 members (excludes halogenated alkanes) is 1. The number of halogens is 1. The van der Waals surface area contributed by atoms with Gasteiger partial charge in [-0.3, -0.25) is 0 Å². The van der Waals surface area contributed by atoms with Crippen molar-refractivity contribution in [1.82, 2.24) is 9.55 Å². The fourth-order valence-corrected chi connectivity index (χ4v) is 2.80. The van der Waals surface area contributed by atoms with Gasteiger partial charge < -0.3 is 4.57 Å². The highest BCUT2D eigenvalue weighted by atomic mass is 35.5. The van der Waals surface area contributed by atoms with Crippen LogP contribution in [0.3, 0.4) is 0 Å². The maximum atomic E-state index is 5.92. The van der Waals surface area contributed by atoms with E-state index in [0.717, 1.165) is 30.2 Å². The van der Waals surface area contributed by atoms with Gasteiger partial charge in [0.2, 0.25) is 0 Å². The molecule has 1 aromatic heterocycles. The minimum atomic E-state index is 0.633. The van der Waals surface area contributed by atoms with Crippen LogP contribution in [-0.2, 0) is 13.0 Å². The Labute approximate surface area is 127 Å². The van der Waals surface area contributed by atoms with Gasteiger partial charge in [0.1, 0.15) is 5.82 Å². The van der Waals surface area contributed by atoms with Crippen LogP contribution in [-0.4, -0.2) is 15.4 Å². The molecule has 110 valence electrons. The summed E-state index contributed by atoms with van der Waals surface area (Å²) in [5, 5.41) is 0. The van der Waals surface area contributed by atoms with E-state index in [1.54, 1.807) is 0 Å². The summed E-state index contributed by atoms with van der Waals surface area (Å²) in [5.41, 5.74) is 3.65. The van der Waals surface area contributed by atoms with Gasteiger partial charge in [-0.1, -0.05) is 32.8 Å². The van der Waals surface area contributed by atoms with Crippen LogP contribution in [0.15, 0.2) is 18.2 Å². The summed E-state index contributed by atoms with van der Waals surface area (Å²) in [4.78, 5) is 4.74. The number of aryl methyl sites for hydroxylation is 3. The second-order valence-corrected chi connectivity index (χ2v) is 6.38. The molecule has 2 nitrogen and oxygen atoms in total. The quantitative estimate of drug-likeness (QED) is 0.521. The van der Waals surface area contributed by atoms with Gasteiger partial charge in [0.05, 0.1) is 11.0 Å². The lowest BCUT2D eigenvalue weighted by Gasteiger charge is -2.10. The zero-order chi connectivity index (χ0) is 14.5. The Kier molecular flexibility index (Phi) is 5.47. The van der Waals surface area contributed by atoms with E-state index in [2.05, 4.69) is 43.5 Å². The van der Waals surface area contributed by atoms with Crippen LogP contribution < -0.4 is 0 Å². The molecule has 0 atom stereocenters. The first-order valence-corrected chi connectivity index (χ1v) is 8.17. The lowest BCUT2D eigenvalue weighted by molar-refractivity contribution is 0.508. The molecule has 2 rings (SSSR count). The van der Waals surface area contributed by atoms with Gasteiger partial charge in [-0.2, -0.15) is 0 Å². The summed E-state index contributed by atoms with van der Waals surface area (Å²) in [6.45, 7) is 7.76. The lowest BCUT2D eigenvalue weighted by atomic mass is 10.1. The van der Waals surface area contributed by atoms with Crippen molar-refractivity contribution < 1.29 is 0 Å². The number of benzene rings is 1. The Bertz CT molecular complexity index is 557. The maximum absolute atomic E-state index is 5.92. The zero-order valence-electron chi connectivity index (χ0n) is 12.8. The molecule has 0 spiro atoms. The molecular weight excluding hydrogens is 268 g/mol. The lowest BCUT2D eigenvalue weighted by Crippen LogP contribution is -2.05. The van der Waals surface area contributed by atoms with E-state index in [-0.39, 0.29) is 0 Å². The number of fused-ring (bicyclic) bond motifs is 1. The van der Waals surface area contributed by atoms with E-state index in [9.17, 15) is 0 Å². The van der Waals surface area contributed by atoms with Crippen molar-refractivity contribution >= 4 is 22.6 Å². The molecule has 3 heteroatoms. The third-order valence-corrected chi connectivity index (χ3v) is 3.90. The third kappa shape index (κ3) is 3.76. The van der Waals surface area contributed by atoms with Crippen LogP contribution in [0.4, 0.5) is 0 Å². The molecule has 2 aromatic rings. The summed E-state index contributed by atoms with van der Waals surface area (Å²) in [6.07, 6.45) is 4.65. The first kappa shape index (κ1) is 15.4. The summed E-state index contributed by atoms with van der Waals surface area (Å²) in [7, 11) is 0. The van der Waals surface area contributed by atoms with Gasteiger partial charge in [-0.15, -0.1) is 11.6 Å². The minimum Gasteiger partial charge on any atom is -0.328 e. The molecule has 0 radical (unpaired) electrons. The largest absolute Gasteiger partial charge is 0.328 e. The summed E-state index contributed by atoms with van der Waals surface area (Å²) >= 11 is 5.92. The SMILES string of the molecule is Cc1ccc2nc(CCCl)n(CCCCC(C)C)c2c1. The molecule has 1 aromatic carbocycles. The highest BCUT2D eigenvalue weighted by Crippen LogP contribution is 2.20. The van der Waals surface area contributed by atoms with Crippen molar-refractivity contribution in [2.45, 2.75) is 53.0 Å². The summed E-state index contributed by atoms with van der Waals surface area (Å²) < 4.78 is 2.37. The van der Waals surface area contributed by atoms with Gasteiger partial charge >= 0.3 is 0 Å². The van der Waals surface area contributed by atoms with Crippen LogP contribution in [0.25, 0.3) is 11.0 Å². The smallest absolute Gasteiger partial charge is 0.111 e. The molecule has 0 N–H and O–H groups in total. The number of nitrogens with zero attached hydrogens (tertiary/aromatic N) is 2. The standard InChI is InChI=1S/C17H25ClN2/c1-13(2)6-4-5-11-20-16-12-14(3)7-8-15(16)19-17(20)9-10-18/h7-8,12-13H,4-6,9-11H2,1-3H3. The highest BCUT2D eigenvalue weighted by molar-refractivity contribution is 6.17. The monoisotopic (exact) mass is 292 g/mol. The topological polar surface area (TPSA) is 17.8 Å².